The Hall–Kier alpha value is -1.55. The average molecular weight is 280 g/mol. The van der Waals surface area contributed by atoms with Gasteiger partial charge in [0.15, 0.2) is 0 Å². The largest absolute Gasteiger partial charge is 0.497 e. The molecule has 1 aromatic heterocycles. The zero-order chi connectivity index (χ0) is 11.5. The molecule has 0 aliphatic carbocycles. The second kappa shape index (κ2) is 4.53. The Labute approximate surface area is 101 Å². The maximum absolute atomic E-state index is 11.4. The number of nitrogens with one attached hydrogen (secondary N) is 1. The zero-order valence-corrected chi connectivity index (χ0v) is 10.2. The molecule has 0 bridgehead atoms. The van der Waals surface area contributed by atoms with Gasteiger partial charge in [-0.05, 0) is 39.7 Å². The van der Waals surface area contributed by atoms with Gasteiger partial charge < -0.3 is 9.72 Å². The highest BCUT2D eigenvalue weighted by Crippen LogP contribution is 2.26. The normalized spacial score (nSPS) is 10.1. The van der Waals surface area contributed by atoms with Gasteiger partial charge in [-0.15, -0.1) is 0 Å². The molecule has 3 nitrogen and oxygen atoms in total. The molecule has 0 amide bonds. The van der Waals surface area contributed by atoms with E-state index in [1.165, 1.54) is 0 Å². The van der Waals surface area contributed by atoms with Gasteiger partial charge in [0.05, 0.1) is 11.6 Å². The summed E-state index contributed by atoms with van der Waals surface area (Å²) in [5.74, 6) is 0.796. The number of aromatic amines is 1. The first kappa shape index (κ1) is 11.0. The van der Waals surface area contributed by atoms with Crippen LogP contribution in [-0.2, 0) is 0 Å². The quantitative estimate of drug-likeness (QED) is 0.919. The maximum atomic E-state index is 11.4. The first-order chi connectivity index (χ1) is 7.72. The average Bonchev–Trinajstić information content (AvgIpc) is 2.33. The Morgan fingerprint density at radius 3 is 2.50 bits per heavy atom. The molecule has 2 rings (SSSR count). The van der Waals surface area contributed by atoms with Gasteiger partial charge in [0.1, 0.15) is 5.75 Å². The van der Waals surface area contributed by atoms with E-state index in [-0.39, 0.29) is 5.56 Å². The number of pyridine rings is 1. The smallest absolute Gasteiger partial charge is 0.262 e. The first-order valence-corrected chi connectivity index (χ1v) is 5.53. The number of aromatic nitrogens is 1. The molecule has 0 unspecified atom stereocenters. The van der Waals surface area contributed by atoms with Crippen LogP contribution in [0.2, 0.25) is 0 Å². The number of hydrogen-bond donors (Lipinski definition) is 1. The molecule has 1 heterocycles. The van der Waals surface area contributed by atoms with Gasteiger partial charge in [-0.25, -0.2) is 0 Å². The van der Waals surface area contributed by atoms with Crippen molar-refractivity contribution in [3.05, 3.63) is 51.4 Å². The third-order valence-electron chi connectivity index (χ3n) is 2.30. The Morgan fingerprint density at radius 1 is 1.19 bits per heavy atom. The maximum Gasteiger partial charge on any atom is 0.262 e. The van der Waals surface area contributed by atoms with E-state index in [0.717, 1.165) is 16.9 Å². The van der Waals surface area contributed by atoms with E-state index >= 15 is 0 Å². The summed E-state index contributed by atoms with van der Waals surface area (Å²) in [4.78, 5) is 14.0. The van der Waals surface area contributed by atoms with Crippen molar-refractivity contribution in [1.82, 2.24) is 4.98 Å². The lowest BCUT2D eigenvalue weighted by molar-refractivity contribution is 0.415. The number of H-pyrrole nitrogens is 1. The lowest BCUT2D eigenvalue weighted by Crippen LogP contribution is -2.06. The fraction of sp³-hybridized carbons (Fsp3) is 0.0833. The number of ether oxygens (including phenoxy) is 1. The van der Waals surface area contributed by atoms with Crippen molar-refractivity contribution >= 4 is 15.9 Å². The molecule has 1 aromatic carbocycles. The predicted molar refractivity (Wildman–Crippen MR) is 66.8 cm³/mol. The topological polar surface area (TPSA) is 42.1 Å². The summed E-state index contributed by atoms with van der Waals surface area (Å²) in [6.07, 6.45) is 1.63. The Balaban J connectivity index is 2.50. The molecule has 0 aliphatic rings. The minimum Gasteiger partial charge on any atom is -0.497 e. The number of halogens is 1. The van der Waals surface area contributed by atoms with Gasteiger partial charge in [0.2, 0.25) is 0 Å². The van der Waals surface area contributed by atoms with Crippen LogP contribution in [0.25, 0.3) is 11.1 Å². The van der Waals surface area contributed by atoms with Gasteiger partial charge in [-0.2, -0.15) is 0 Å². The number of hydrogen-bond acceptors (Lipinski definition) is 2. The molecule has 0 fully saturated rings. The van der Waals surface area contributed by atoms with Crippen LogP contribution in [0.4, 0.5) is 0 Å². The van der Waals surface area contributed by atoms with Crippen molar-refractivity contribution in [1.29, 1.82) is 0 Å². The SMILES string of the molecule is COc1ccc(-c2cc[nH]c(=O)c2Br)cc1. The molecule has 1 N–H and O–H groups in total. The minimum absolute atomic E-state index is 0.131. The summed E-state index contributed by atoms with van der Waals surface area (Å²) in [6, 6.07) is 9.41. The Bertz CT molecular complexity index is 546. The molecule has 4 heteroatoms. The van der Waals surface area contributed by atoms with Crippen LogP contribution in [0.1, 0.15) is 0 Å². The van der Waals surface area contributed by atoms with E-state index < -0.39 is 0 Å². The fourth-order valence-corrected chi connectivity index (χ4v) is 1.93. The zero-order valence-electron chi connectivity index (χ0n) is 8.66. The summed E-state index contributed by atoms with van der Waals surface area (Å²) < 4.78 is 5.62. The molecule has 0 saturated carbocycles. The van der Waals surface area contributed by atoms with Crippen LogP contribution in [0.5, 0.6) is 5.75 Å². The van der Waals surface area contributed by atoms with Crippen molar-refractivity contribution < 1.29 is 4.74 Å². The van der Waals surface area contributed by atoms with Crippen LogP contribution in [0.15, 0.2) is 45.8 Å². The summed E-state index contributed by atoms with van der Waals surface area (Å²) in [5.41, 5.74) is 1.71. The highest BCUT2D eigenvalue weighted by atomic mass is 79.9. The van der Waals surface area contributed by atoms with Crippen LogP contribution >= 0.6 is 15.9 Å². The lowest BCUT2D eigenvalue weighted by atomic mass is 10.1. The third kappa shape index (κ3) is 2.02. The van der Waals surface area contributed by atoms with Crippen molar-refractivity contribution in [2.75, 3.05) is 7.11 Å². The summed E-state index contributed by atoms with van der Waals surface area (Å²) >= 11 is 3.28. The van der Waals surface area contributed by atoms with Crippen molar-refractivity contribution in [3.8, 4) is 16.9 Å². The highest BCUT2D eigenvalue weighted by molar-refractivity contribution is 9.10. The van der Waals surface area contributed by atoms with E-state index in [1.54, 1.807) is 13.3 Å². The van der Waals surface area contributed by atoms with E-state index in [4.69, 9.17) is 4.74 Å². The van der Waals surface area contributed by atoms with Gasteiger partial charge in [0, 0.05) is 11.8 Å². The second-order valence-corrected chi connectivity index (χ2v) is 4.06. The molecular weight excluding hydrogens is 270 g/mol. The lowest BCUT2D eigenvalue weighted by Gasteiger charge is -2.05. The van der Waals surface area contributed by atoms with E-state index in [2.05, 4.69) is 20.9 Å². The van der Waals surface area contributed by atoms with Crippen molar-refractivity contribution in [2.45, 2.75) is 0 Å². The fourth-order valence-electron chi connectivity index (χ4n) is 1.45. The van der Waals surface area contributed by atoms with Gasteiger partial charge in [-0.3, -0.25) is 4.79 Å². The van der Waals surface area contributed by atoms with Crippen molar-refractivity contribution in [3.63, 3.8) is 0 Å². The Kier molecular flexibility index (Phi) is 3.10. The molecule has 82 valence electrons. The van der Waals surface area contributed by atoms with Crippen LogP contribution in [0, 0.1) is 0 Å². The Morgan fingerprint density at radius 2 is 1.88 bits per heavy atom. The molecular formula is C12H10BrNO2. The standard InChI is InChI=1S/C12H10BrNO2/c1-16-9-4-2-8(3-5-9)10-6-7-14-12(15)11(10)13/h2-7H,1H3,(H,14,15). The second-order valence-electron chi connectivity index (χ2n) is 3.26. The number of benzene rings is 1. The third-order valence-corrected chi connectivity index (χ3v) is 3.09. The van der Waals surface area contributed by atoms with Crippen LogP contribution in [-0.4, -0.2) is 12.1 Å². The number of rotatable bonds is 2. The summed E-state index contributed by atoms with van der Waals surface area (Å²) in [7, 11) is 1.62. The van der Waals surface area contributed by atoms with Gasteiger partial charge in [-0.1, -0.05) is 12.1 Å². The monoisotopic (exact) mass is 279 g/mol. The summed E-state index contributed by atoms with van der Waals surface area (Å²) in [6.45, 7) is 0. The molecule has 0 aliphatic heterocycles. The van der Waals surface area contributed by atoms with Crippen molar-refractivity contribution in [2.24, 2.45) is 0 Å². The molecule has 16 heavy (non-hydrogen) atoms. The summed E-state index contributed by atoms with van der Waals surface area (Å²) in [5, 5.41) is 0. The molecule has 2 aromatic rings. The molecule has 0 saturated heterocycles. The number of methoxy groups -OCH3 is 1. The minimum atomic E-state index is -0.131. The van der Waals surface area contributed by atoms with E-state index in [0.29, 0.717) is 4.47 Å². The molecule has 0 spiro atoms. The van der Waals surface area contributed by atoms with Crippen LogP contribution in [0.3, 0.4) is 0 Å². The molecule has 0 atom stereocenters. The first-order valence-electron chi connectivity index (χ1n) is 4.74. The van der Waals surface area contributed by atoms with E-state index in [9.17, 15) is 4.79 Å². The molecule has 0 radical (unpaired) electrons. The van der Waals surface area contributed by atoms with E-state index in [1.807, 2.05) is 30.3 Å². The predicted octanol–water partition coefficient (Wildman–Crippen LogP) is 2.81. The highest BCUT2D eigenvalue weighted by Gasteiger charge is 2.05. The van der Waals surface area contributed by atoms with Gasteiger partial charge >= 0.3 is 0 Å². The van der Waals surface area contributed by atoms with Crippen LogP contribution < -0.4 is 10.3 Å². The van der Waals surface area contributed by atoms with Gasteiger partial charge in [0.25, 0.3) is 5.56 Å².